The molecule has 3 aromatic rings. The number of fused-ring (bicyclic) bond motifs is 1. The van der Waals surface area contributed by atoms with Crippen molar-refractivity contribution in [2.24, 2.45) is 7.05 Å². The van der Waals surface area contributed by atoms with E-state index in [0.717, 1.165) is 23.7 Å². The molecule has 0 radical (unpaired) electrons. The van der Waals surface area contributed by atoms with Crippen LogP contribution >= 0.6 is 11.3 Å². The van der Waals surface area contributed by atoms with E-state index in [1.54, 1.807) is 6.07 Å². The van der Waals surface area contributed by atoms with E-state index in [-0.39, 0.29) is 22.3 Å². The number of nitrogens with zero attached hydrogens (tertiary/aromatic N) is 4. The number of hydrogen-bond acceptors (Lipinski definition) is 5. The molecule has 0 amide bonds. The van der Waals surface area contributed by atoms with Crippen molar-refractivity contribution in [3.8, 4) is 17.3 Å². The molecule has 134 valence electrons. The molecule has 2 heterocycles. The molecule has 0 aliphatic heterocycles. The van der Waals surface area contributed by atoms with Gasteiger partial charge in [0.1, 0.15) is 23.7 Å². The summed E-state index contributed by atoms with van der Waals surface area (Å²) in [6.45, 7) is -0.289. The van der Waals surface area contributed by atoms with Gasteiger partial charge < -0.3 is 0 Å². The van der Waals surface area contributed by atoms with Crippen LogP contribution in [0.2, 0.25) is 0 Å². The van der Waals surface area contributed by atoms with Crippen LogP contribution < -0.4 is 10.3 Å². The van der Waals surface area contributed by atoms with E-state index in [0.29, 0.717) is 22.1 Å². The number of hydrogen-bond donors (Lipinski definition) is 0. The van der Waals surface area contributed by atoms with E-state index in [2.05, 4.69) is 5.10 Å². The SMILES string of the molecule is Cn1nc(-c2cc3c(cc2F)sc(=O)n3CC#N)c(=O)cc1C(F)(F)F. The van der Waals surface area contributed by atoms with Gasteiger partial charge in [-0.25, -0.2) is 4.39 Å². The van der Waals surface area contributed by atoms with Gasteiger partial charge in [-0.3, -0.25) is 18.8 Å². The van der Waals surface area contributed by atoms with Crippen LogP contribution in [-0.4, -0.2) is 14.3 Å². The first-order chi connectivity index (χ1) is 12.1. The third-order valence-electron chi connectivity index (χ3n) is 3.63. The normalized spacial score (nSPS) is 11.7. The third kappa shape index (κ3) is 2.88. The lowest BCUT2D eigenvalue weighted by Crippen LogP contribution is -2.22. The van der Waals surface area contributed by atoms with Gasteiger partial charge in [-0.05, 0) is 12.1 Å². The minimum absolute atomic E-state index is 0.196. The Morgan fingerprint density at radius 3 is 2.58 bits per heavy atom. The Hall–Kier alpha value is -3.00. The summed E-state index contributed by atoms with van der Waals surface area (Å²) >= 11 is 0.714. The van der Waals surface area contributed by atoms with Crippen molar-refractivity contribution in [2.45, 2.75) is 12.7 Å². The molecule has 11 heteroatoms. The summed E-state index contributed by atoms with van der Waals surface area (Å²) in [5.74, 6) is -0.910. The van der Waals surface area contributed by atoms with Crippen molar-refractivity contribution in [3.05, 3.63) is 49.6 Å². The number of benzene rings is 1. The Morgan fingerprint density at radius 2 is 1.96 bits per heavy atom. The molecular weight excluding hydrogens is 376 g/mol. The monoisotopic (exact) mass is 384 g/mol. The number of aromatic nitrogens is 3. The highest BCUT2D eigenvalue weighted by Gasteiger charge is 2.34. The Bertz CT molecular complexity index is 1180. The van der Waals surface area contributed by atoms with Gasteiger partial charge in [0.15, 0.2) is 0 Å². The number of thiazole rings is 1. The fourth-order valence-corrected chi connectivity index (χ4v) is 3.37. The summed E-state index contributed by atoms with van der Waals surface area (Å²) in [5, 5.41) is 12.4. The van der Waals surface area contributed by atoms with Gasteiger partial charge in [-0.1, -0.05) is 11.3 Å². The molecule has 0 saturated heterocycles. The van der Waals surface area contributed by atoms with E-state index < -0.39 is 33.7 Å². The summed E-state index contributed by atoms with van der Waals surface area (Å²) < 4.78 is 54.7. The maximum absolute atomic E-state index is 14.4. The Kier molecular flexibility index (Phi) is 4.15. The molecule has 0 atom stereocenters. The average molecular weight is 384 g/mol. The van der Waals surface area contributed by atoms with Gasteiger partial charge >= 0.3 is 11.0 Å². The number of nitriles is 1. The Labute approximate surface area is 146 Å². The zero-order valence-corrected chi connectivity index (χ0v) is 13.8. The van der Waals surface area contributed by atoms with Crippen LogP contribution in [0.15, 0.2) is 27.8 Å². The zero-order valence-electron chi connectivity index (χ0n) is 13.0. The van der Waals surface area contributed by atoms with Gasteiger partial charge in [0, 0.05) is 18.7 Å². The van der Waals surface area contributed by atoms with Crippen molar-refractivity contribution in [1.82, 2.24) is 14.3 Å². The summed E-state index contributed by atoms with van der Waals surface area (Å²) in [5.41, 5.74) is -3.07. The van der Waals surface area contributed by atoms with Crippen LogP contribution in [0.3, 0.4) is 0 Å². The van der Waals surface area contributed by atoms with Crippen LogP contribution in [0.1, 0.15) is 5.69 Å². The summed E-state index contributed by atoms with van der Waals surface area (Å²) in [4.78, 5) is 23.5. The smallest absolute Gasteiger partial charge is 0.287 e. The molecule has 1 aromatic carbocycles. The standard InChI is InChI=1S/C15H8F4N4O2S/c1-22-12(15(17,18)19)6-10(24)13(21-22)7-4-9-11(5-8(7)16)26-14(25)23(9)3-2-20/h4-6H,3H2,1H3. The average Bonchev–Trinajstić information content (AvgIpc) is 2.83. The highest BCUT2D eigenvalue weighted by atomic mass is 32.1. The lowest BCUT2D eigenvalue weighted by molar-refractivity contribution is -0.144. The van der Waals surface area contributed by atoms with Crippen molar-refractivity contribution in [2.75, 3.05) is 0 Å². The lowest BCUT2D eigenvalue weighted by Gasteiger charge is -2.12. The van der Waals surface area contributed by atoms with E-state index in [9.17, 15) is 27.2 Å². The maximum Gasteiger partial charge on any atom is 0.433 e. The minimum Gasteiger partial charge on any atom is -0.287 e. The third-order valence-corrected chi connectivity index (χ3v) is 4.57. The van der Waals surface area contributed by atoms with Crippen LogP contribution in [0, 0.1) is 17.1 Å². The van der Waals surface area contributed by atoms with Gasteiger partial charge in [-0.2, -0.15) is 23.5 Å². The van der Waals surface area contributed by atoms with Gasteiger partial charge in [0.2, 0.25) is 5.43 Å². The largest absolute Gasteiger partial charge is 0.433 e. The van der Waals surface area contributed by atoms with E-state index in [1.165, 1.54) is 0 Å². The zero-order chi connectivity index (χ0) is 19.2. The predicted octanol–water partition coefficient (Wildman–Crippen LogP) is 2.51. The maximum atomic E-state index is 14.4. The molecule has 3 rings (SSSR count). The topological polar surface area (TPSA) is 80.7 Å². The Balaban J connectivity index is 2.29. The predicted molar refractivity (Wildman–Crippen MR) is 85.1 cm³/mol. The highest BCUT2D eigenvalue weighted by Crippen LogP contribution is 2.30. The molecule has 0 unspecified atom stereocenters. The summed E-state index contributed by atoms with van der Waals surface area (Å²) in [7, 11) is 0.985. The summed E-state index contributed by atoms with van der Waals surface area (Å²) in [6.07, 6.45) is -4.79. The molecule has 26 heavy (non-hydrogen) atoms. The number of alkyl halides is 3. The summed E-state index contributed by atoms with van der Waals surface area (Å²) in [6, 6.07) is 4.25. The fraction of sp³-hybridized carbons (Fsp3) is 0.200. The molecule has 6 nitrogen and oxygen atoms in total. The number of rotatable bonds is 2. The molecule has 0 saturated carbocycles. The van der Waals surface area contributed by atoms with Crippen molar-refractivity contribution in [3.63, 3.8) is 0 Å². The van der Waals surface area contributed by atoms with E-state index >= 15 is 0 Å². The molecular formula is C15H8F4N4O2S. The molecule has 0 bridgehead atoms. The Morgan fingerprint density at radius 1 is 1.27 bits per heavy atom. The number of aryl methyl sites for hydroxylation is 1. The molecule has 0 spiro atoms. The molecule has 2 aromatic heterocycles. The second-order valence-electron chi connectivity index (χ2n) is 5.28. The van der Waals surface area contributed by atoms with Crippen molar-refractivity contribution >= 4 is 21.6 Å². The van der Waals surface area contributed by atoms with Crippen LogP contribution in [0.25, 0.3) is 21.5 Å². The van der Waals surface area contributed by atoms with E-state index in [4.69, 9.17) is 5.26 Å². The molecule has 0 aliphatic carbocycles. The van der Waals surface area contributed by atoms with Crippen LogP contribution in [-0.2, 0) is 19.8 Å². The molecule has 0 fully saturated rings. The quantitative estimate of drug-likeness (QED) is 0.636. The highest BCUT2D eigenvalue weighted by molar-refractivity contribution is 7.16. The first kappa shape index (κ1) is 17.8. The molecule has 0 aliphatic rings. The first-order valence-electron chi connectivity index (χ1n) is 6.99. The van der Waals surface area contributed by atoms with Crippen LogP contribution in [0.5, 0.6) is 0 Å². The molecule has 0 N–H and O–H groups in total. The number of halogens is 4. The van der Waals surface area contributed by atoms with Gasteiger partial charge in [0.25, 0.3) is 0 Å². The fourth-order valence-electron chi connectivity index (χ4n) is 2.48. The first-order valence-corrected chi connectivity index (χ1v) is 7.81. The minimum atomic E-state index is -4.79. The van der Waals surface area contributed by atoms with Gasteiger partial charge in [-0.15, -0.1) is 0 Å². The van der Waals surface area contributed by atoms with Crippen molar-refractivity contribution < 1.29 is 17.6 Å². The van der Waals surface area contributed by atoms with Crippen molar-refractivity contribution in [1.29, 1.82) is 5.26 Å². The second kappa shape index (κ2) is 6.06. The van der Waals surface area contributed by atoms with E-state index in [1.807, 2.05) is 0 Å². The lowest BCUT2D eigenvalue weighted by atomic mass is 10.1. The van der Waals surface area contributed by atoms with Gasteiger partial charge in [0.05, 0.1) is 16.3 Å². The van der Waals surface area contributed by atoms with Crippen LogP contribution in [0.4, 0.5) is 17.6 Å². The second-order valence-corrected chi connectivity index (χ2v) is 6.27.